The zero-order valence-corrected chi connectivity index (χ0v) is 10.8. The molecule has 1 rings (SSSR count). The van der Waals surface area contributed by atoms with E-state index in [1.54, 1.807) is 0 Å². The lowest BCUT2D eigenvalue weighted by Gasteiger charge is -2.35. The Hall–Kier alpha value is 0.310. The molecule has 0 atom stereocenters. The Balaban J connectivity index is 2.45. The van der Waals surface area contributed by atoms with Crippen LogP contribution in [0.5, 0.6) is 0 Å². The predicted molar refractivity (Wildman–Crippen MR) is 67.1 cm³/mol. The van der Waals surface area contributed by atoms with E-state index < -0.39 is 0 Å². The van der Waals surface area contributed by atoms with Crippen LogP contribution in [0, 0.1) is 5.41 Å². The molecule has 0 saturated heterocycles. The Morgan fingerprint density at radius 3 is 2.29 bits per heavy atom. The molecule has 0 spiro atoms. The number of nitrogens with zero attached hydrogens (tertiary/aromatic N) is 1. The van der Waals surface area contributed by atoms with Crippen LogP contribution in [0.4, 0.5) is 0 Å². The maximum absolute atomic E-state index is 4.43. The van der Waals surface area contributed by atoms with E-state index in [4.69, 9.17) is 0 Å². The molecule has 1 saturated carbocycles. The molecule has 0 aromatic carbocycles. The van der Waals surface area contributed by atoms with Crippen LogP contribution in [0.25, 0.3) is 0 Å². The molecule has 0 radical (unpaired) electrons. The first-order valence-corrected chi connectivity index (χ1v) is 6.57. The van der Waals surface area contributed by atoms with Gasteiger partial charge in [0, 0.05) is 12.6 Å². The van der Waals surface area contributed by atoms with Gasteiger partial charge in [-0.1, -0.05) is 33.6 Å². The second-order valence-electron chi connectivity index (χ2n) is 5.32. The summed E-state index contributed by atoms with van der Waals surface area (Å²) in [4.78, 5) is 2.66. The minimum atomic E-state index is 0.363. The molecule has 0 N–H and O–H groups in total. The molecule has 1 aliphatic carbocycles. The lowest BCUT2D eigenvalue weighted by molar-refractivity contribution is 0.149. The van der Waals surface area contributed by atoms with Crippen molar-refractivity contribution in [3.8, 4) is 0 Å². The molecule has 2 heteroatoms. The molecule has 0 aromatic rings. The first kappa shape index (κ1) is 12.4. The molecule has 14 heavy (non-hydrogen) atoms. The molecule has 0 aliphatic heterocycles. The van der Waals surface area contributed by atoms with Crippen molar-refractivity contribution < 1.29 is 0 Å². The number of thiol groups is 1. The van der Waals surface area contributed by atoms with E-state index in [0.29, 0.717) is 5.41 Å². The van der Waals surface area contributed by atoms with Crippen molar-refractivity contribution in [1.29, 1.82) is 0 Å². The fourth-order valence-corrected chi connectivity index (χ4v) is 2.47. The Morgan fingerprint density at radius 2 is 1.86 bits per heavy atom. The number of rotatable bonds is 5. The Bertz CT molecular complexity index is 162. The zero-order valence-electron chi connectivity index (χ0n) is 9.92. The summed E-state index contributed by atoms with van der Waals surface area (Å²) >= 11 is 4.43. The van der Waals surface area contributed by atoms with Gasteiger partial charge in [0.15, 0.2) is 0 Å². The van der Waals surface area contributed by atoms with Gasteiger partial charge >= 0.3 is 0 Å². The Kier molecular flexibility index (Phi) is 4.78. The summed E-state index contributed by atoms with van der Waals surface area (Å²) in [5.74, 6) is 0.982. The van der Waals surface area contributed by atoms with Crippen LogP contribution < -0.4 is 0 Å². The number of hydrogen-bond acceptors (Lipinski definition) is 2. The van der Waals surface area contributed by atoms with Crippen molar-refractivity contribution >= 4 is 12.6 Å². The minimum absolute atomic E-state index is 0.363. The van der Waals surface area contributed by atoms with Gasteiger partial charge in [0.2, 0.25) is 0 Å². The molecule has 0 aromatic heterocycles. The lowest BCUT2D eigenvalue weighted by Crippen LogP contribution is -2.41. The number of hydrogen-bond donors (Lipinski definition) is 1. The molecule has 84 valence electrons. The van der Waals surface area contributed by atoms with Gasteiger partial charge < -0.3 is 4.90 Å². The van der Waals surface area contributed by atoms with Crippen LogP contribution in [0.15, 0.2) is 0 Å². The summed E-state index contributed by atoms with van der Waals surface area (Å²) in [6.45, 7) is 9.32. The second-order valence-corrected chi connectivity index (χ2v) is 5.64. The molecule has 1 fully saturated rings. The third-order valence-corrected chi connectivity index (χ3v) is 4.16. The minimum Gasteiger partial charge on any atom is -0.300 e. The molecule has 0 unspecified atom stereocenters. The van der Waals surface area contributed by atoms with Crippen LogP contribution in [-0.2, 0) is 0 Å². The average molecular weight is 215 g/mol. The molecule has 0 amide bonds. The van der Waals surface area contributed by atoms with Gasteiger partial charge in [0.25, 0.3) is 0 Å². The van der Waals surface area contributed by atoms with E-state index in [2.05, 4.69) is 38.3 Å². The van der Waals surface area contributed by atoms with Crippen LogP contribution in [-0.4, -0.2) is 29.8 Å². The van der Waals surface area contributed by atoms with E-state index in [1.807, 2.05) is 0 Å². The van der Waals surface area contributed by atoms with E-state index in [9.17, 15) is 0 Å². The maximum Gasteiger partial charge on any atom is 0.00953 e. The van der Waals surface area contributed by atoms with E-state index in [-0.39, 0.29) is 0 Å². The molecule has 0 bridgehead atoms. The summed E-state index contributed by atoms with van der Waals surface area (Å²) in [7, 11) is 0. The third kappa shape index (κ3) is 3.47. The van der Waals surface area contributed by atoms with Crippen molar-refractivity contribution in [2.75, 3.05) is 18.8 Å². The van der Waals surface area contributed by atoms with Gasteiger partial charge in [-0.25, -0.2) is 0 Å². The quantitative estimate of drug-likeness (QED) is 0.689. The van der Waals surface area contributed by atoms with Gasteiger partial charge in [-0.15, -0.1) is 0 Å². The van der Waals surface area contributed by atoms with Crippen molar-refractivity contribution in [3.63, 3.8) is 0 Å². The van der Waals surface area contributed by atoms with Crippen LogP contribution in [0.3, 0.4) is 0 Å². The van der Waals surface area contributed by atoms with Crippen LogP contribution >= 0.6 is 12.6 Å². The first-order chi connectivity index (χ1) is 6.59. The molecule has 1 nitrogen and oxygen atoms in total. The van der Waals surface area contributed by atoms with Crippen molar-refractivity contribution in [3.05, 3.63) is 0 Å². The van der Waals surface area contributed by atoms with Crippen molar-refractivity contribution in [1.82, 2.24) is 4.90 Å². The zero-order chi connectivity index (χ0) is 10.6. The van der Waals surface area contributed by atoms with Crippen molar-refractivity contribution in [2.45, 2.75) is 52.5 Å². The topological polar surface area (TPSA) is 3.24 Å². The highest BCUT2D eigenvalue weighted by molar-refractivity contribution is 7.80. The smallest absolute Gasteiger partial charge is 0.00953 e. The predicted octanol–water partition coefficient (Wildman–Crippen LogP) is 3.21. The normalized spacial score (nSPS) is 19.5. The van der Waals surface area contributed by atoms with E-state index in [1.165, 1.54) is 38.8 Å². The van der Waals surface area contributed by atoms with E-state index in [0.717, 1.165) is 11.8 Å². The highest BCUT2D eigenvalue weighted by Crippen LogP contribution is 2.27. The fraction of sp³-hybridized carbons (Fsp3) is 1.00. The first-order valence-electron chi connectivity index (χ1n) is 5.94. The largest absolute Gasteiger partial charge is 0.300 e. The molecule has 0 heterocycles. The standard InChI is InChI=1S/C12H25NS/c1-4-13(9-12(2,3)10-14)11-7-5-6-8-11/h11,14H,4-10H2,1-3H3. The maximum atomic E-state index is 4.43. The second kappa shape index (κ2) is 5.41. The van der Waals surface area contributed by atoms with Gasteiger partial charge in [-0.2, -0.15) is 12.6 Å². The SMILES string of the molecule is CCN(CC(C)(C)CS)C1CCCC1. The van der Waals surface area contributed by atoms with E-state index >= 15 is 0 Å². The fourth-order valence-electron chi connectivity index (χ4n) is 2.37. The monoisotopic (exact) mass is 215 g/mol. The summed E-state index contributed by atoms with van der Waals surface area (Å²) in [5, 5.41) is 0. The molecular formula is C12H25NS. The Labute approximate surface area is 94.7 Å². The highest BCUT2D eigenvalue weighted by Gasteiger charge is 2.26. The van der Waals surface area contributed by atoms with Gasteiger partial charge in [-0.05, 0) is 30.6 Å². The highest BCUT2D eigenvalue weighted by atomic mass is 32.1. The summed E-state index contributed by atoms with van der Waals surface area (Å²) in [5.41, 5.74) is 0.363. The van der Waals surface area contributed by atoms with Gasteiger partial charge in [0.1, 0.15) is 0 Å². The van der Waals surface area contributed by atoms with Gasteiger partial charge in [0.05, 0.1) is 0 Å². The van der Waals surface area contributed by atoms with Crippen LogP contribution in [0.1, 0.15) is 46.5 Å². The molecular weight excluding hydrogens is 190 g/mol. The van der Waals surface area contributed by atoms with Gasteiger partial charge in [-0.3, -0.25) is 0 Å². The van der Waals surface area contributed by atoms with Crippen molar-refractivity contribution in [2.24, 2.45) is 5.41 Å². The molecule has 1 aliphatic rings. The third-order valence-electron chi connectivity index (χ3n) is 3.31. The summed E-state index contributed by atoms with van der Waals surface area (Å²) in [6.07, 6.45) is 5.69. The summed E-state index contributed by atoms with van der Waals surface area (Å²) < 4.78 is 0. The Morgan fingerprint density at radius 1 is 1.29 bits per heavy atom. The summed E-state index contributed by atoms with van der Waals surface area (Å²) in [6, 6.07) is 0.860. The lowest BCUT2D eigenvalue weighted by atomic mass is 9.94. The average Bonchev–Trinajstić information content (AvgIpc) is 2.67. The van der Waals surface area contributed by atoms with Crippen LogP contribution in [0.2, 0.25) is 0 Å².